The van der Waals surface area contributed by atoms with Crippen LogP contribution in [0.1, 0.15) is 93.0 Å². The van der Waals surface area contributed by atoms with Gasteiger partial charge in [-0.15, -0.1) is 0 Å². The molecular formula is C54H72ClN11O9. The first-order chi connectivity index (χ1) is 36.0. The molecule has 404 valence electrons. The van der Waals surface area contributed by atoms with Gasteiger partial charge in [-0.3, -0.25) is 14.4 Å². The van der Waals surface area contributed by atoms with E-state index >= 15 is 0 Å². The van der Waals surface area contributed by atoms with E-state index < -0.39 is 10.8 Å². The van der Waals surface area contributed by atoms with E-state index in [9.17, 15) is 19.6 Å². The Hall–Kier alpha value is -6.37. The van der Waals surface area contributed by atoms with E-state index in [0.717, 1.165) is 31.5 Å². The Kier molecular flexibility index (Phi) is 19.1. The SMILES string of the molecule is CC[C@@H]1C(=O)N(C)c2cnc(N(C)c3ccc(C(=O)NCCOCCOCCOCCOCCN(C)c4ncc(C(=O)N[C@H]5C(C)(C)[C@H](Oc6ccc(C#N)c(Cl)c6)C5(C)C)cn4)cc3OC)nc2N1C1CCCC1. The summed E-state index contributed by atoms with van der Waals surface area (Å²) in [6.07, 6.45) is 9.55. The van der Waals surface area contributed by atoms with Crippen molar-refractivity contribution in [1.29, 1.82) is 5.26 Å². The number of halogens is 1. The zero-order chi connectivity index (χ0) is 53.9. The number of nitrogens with zero attached hydrogens (tertiary/aromatic N) is 9. The highest BCUT2D eigenvalue weighted by molar-refractivity contribution is 6.31. The number of benzene rings is 2. The summed E-state index contributed by atoms with van der Waals surface area (Å²) in [6, 6.07) is 12.1. The van der Waals surface area contributed by atoms with Crippen molar-refractivity contribution in [1.82, 2.24) is 30.6 Å². The molecule has 3 aliphatic rings. The molecule has 2 saturated carbocycles. The average Bonchev–Trinajstić information content (AvgIpc) is 3.95. The van der Waals surface area contributed by atoms with Crippen molar-refractivity contribution < 1.29 is 42.8 Å². The topological polar surface area (TPSA) is 219 Å². The van der Waals surface area contributed by atoms with E-state index in [0.29, 0.717) is 129 Å². The Labute approximate surface area is 445 Å². The molecule has 75 heavy (non-hydrogen) atoms. The second-order valence-electron chi connectivity index (χ2n) is 20.2. The lowest BCUT2D eigenvalue weighted by Crippen LogP contribution is -2.74. The zero-order valence-electron chi connectivity index (χ0n) is 44.7. The Bertz CT molecular complexity index is 2630. The largest absolute Gasteiger partial charge is 0.495 e. The monoisotopic (exact) mass is 1050 g/mol. The van der Waals surface area contributed by atoms with Crippen LogP contribution >= 0.6 is 11.6 Å². The number of rotatable bonds is 26. The Balaban J connectivity index is 0.724. The molecule has 3 amide bonds. The van der Waals surface area contributed by atoms with Gasteiger partial charge in [-0.2, -0.15) is 10.2 Å². The lowest BCUT2D eigenvalue weighted by molar-refractivity contribution is -0.164. The summed E-state index contributed by atoms with van der Waals surface area (Å²) >= 11 is 6.23. The summed E-state index contributed by atoms with van der Waals surface area (Å²) in [4.78, 5) is 65.8. The van der Waals surface area contributed by atoms with Crippen LogP contribution in [0.15, 0.2) is 55.0 Å². The minimum Gasteiger partial charge on any atom is -0.495 e. The highest BCUT2D eigenvalue weighted by Crippen LogP contribution is 2.55. The van der Waals surface area contributed by atoms with Crippen LogP contribution in [0.3, 0.4) is 0 Å². The number of fused-ring (bicyclic) bond motifs is 1. The third-order valence-corrected chi connectivity index (χ3v) is 14.7. The van der Waals surface area contributed by atoms with Crippen LogP contribution in [0.4, 0.5) is 29.1 Å². The maximum absolute atomic E-state index is 13.3. The van der Waals surface area contributed by atoms with E-state index in [1.165, 1.54) is 12.4 Å². The van der Waals surface area contributed by atoms with Crippen LogP contribution in [-0.4, -0.2) is 156 Å². The summed E-state index contributed by atoms with van der Waals surface area (Å²) in [7, 11) is 7.05. The fraction of sp³-hybridized carbons (Fsp3) is 0.556. The van der Waals surface area contributed by atoms with Gasteiger partial charge in [0.25, 0.3) is 11.8 Å². The number of nitriles is 1. The maximum Gasteiger partial charge on any atom is 0.254 e. The fourth-order valence-corrected chi connectivity index (χ4v) is 10.8. The molecule has 0 unspecified atom stereocenters. The van der Waals surface area contributed by atoms with Gasteiger partial charge in [0, 0.05) is 81.2 Å². The van der Waals surface area contributed by atoms with Gasteiger partial charge < -0.3 is 58.7 Å². The maximum atomic E-state index is 13.3. The molecule has 7 rings (SSSR count). The van der Waals surface area contributed by atoms with Crippen molar-refractivity contribution in [2.45, 2.75) is 91.0 Å². The third kappa shape index (κ3) is 13.0. The number of carbonyl (C=O) groups is 3. The van der Waals surface area contributed by atoms with Crippen molar-refractivity contribution >= 4 is 58.4 Å². The van der Waals surface area contributed by atoms with E-state index in [4.69, 9.17) is 45.0 Å². The van der Waals surface area contributed by atoms with E-state index in [1.54, 1.807) is 55.6 Å². The van der Waals surface area contributed by atoms with Crippen LogP contribution in [0.5, 0.6) is 11.5 Å². The second kappa shape index (κ2) is 25.4. The standard InChI is InChI=1S/C54H72ClN11O9/c1-10-41-48(69)64(7)43-34-60-52(61-45(43)66(41)38-13-11-12-14-38)65(8)42-18-16-35(29-44(42)70-9)46(67)57-19-21-71-23-25-73-27-28-74-26-24-72-22-20-63(6)51-58-32-37(33-59-51)47(68)62-49-53(2,3)50(54(49,4)5)75-39-17-15-36(31-56)40(55)30-39/h15-18,29-30,32-34,38,41,49-50H,10-14,19-28H2,1-9H3,(H,57,67)(H,62,68)/t41-,49-,50-/m1/s1. The number of ether oxygens (including phenoxy) is 6. The minimum atomic E-state index is -0.405. The molecule has 20 nitrogen and oxygen atoms in total. The van der Waals surface area contributed by atoms with E-state index in [-0.39, 0.29) is 42.0 Å². The fourth-order valence-electron chi connectivity index (χ4n) is 10.6. The highest BCUT2D eigenvalue weighted by Gasteiger charge is 2.64. The first kappa shape index (κ1) is 56.4. The first-order valence-corrected chi connectivity index (χ1v) is 26.0. The summed E-state index contributed by atoms with van der Waals surface area (Å²) in [5.74, 6) is 2.27. The number of carbonyl (C=O) groups excluding carboxylic acids is 3. The number of amides is 3. The molecule has 4 aromatic rings. The number of nitrogens with one attached hydrogen (secondary N) is 2. The van der Waals surface area contributed by atoms with Gasteiger partial charge in [0.15, 0.2) is 5.82 Å². The Morgan fingerprint density at radius 1 is 0.840 bits per heavy atom. The smallest absolute Gasteiger partial charge is 0.254 e. The van der Waals surface area contributed by atoms with Crippen LogP contribution in [0, 0.1) is 22.2 Å². The molecule has 0 bridgehead atoms. The van der Waals surface area contributed by atoms with E-state index in [1.807, 2.05) is 64.6 Å². The summed E-state index contributed by atoms with van der Waals surface area (Å²) in [5, 5.41) is 15.6. The predicted octanol–water partition coefficient (Wildman–Crippen LogP) is 6.62. The number of aromatic nitrogens is 4. The molecule has 0 saturated heterocycles. The van der Waals surface area contributed by atoms with Crippen LogP contribution in [0.2, 0.25) is 5.02 Å². The third-order valence-electron chi connectivity index (χ3n) is 14.4. The molecule has 3 heterocycles. The zero-order valence-corrected chi connectivity index (χ0v) is 45.4. The van der Waals surface area contributed by atoms with Crippen molar-refractivity contribution in [3.63, 3.8) is 0 Å². The predicted molar refractivity (Wildman–Crippen MR) is 286 cm³/mol. The van der Waals surface area contributed by atoms with Gasteiger partial charge in [0.1, 0.15) is 35.4 Å². The number of hydrogen-bond donors (Lipinski definition) is 2. The Morgan fingerprint density at radius 2 is 1.47 bits per heavy atom. The molecule has 1 atom stereocenters. The van der Waals surface area contributed by atoms with Gasteiger partial charge in [-0.25, -0.2) is 15.0 Å². The van der Waals surface area contributed by atoms with Crippen molar-refractivity contribution in [2.24, 2.45) is 10.8 Å². The molecule has 2 N–H and O–H groups in total. The van der Waals surface area contributed by atoms with Crippen LogP contribution in [-0.2, 0) is 23.7 Å². The number of anilines is 5. The Morgan fingerprint density at radius 3 is 2.08 bits per heavy atom. The molecule has 2 aliphatic carbocycles. The molecule has 2 aromatic heterocycles. The molecule has 0 spiro atoms. The molecule has 2 fully saturated rings. The lowest BCUT2D eigenvalue weighted by atomic mass is 9.49. The highest BCUT2D eigenvalue weighted by atomic mass is 35.5. The molecule has 2 aromatic carbocycles. The number of likely N-dealkylation sites (N-methyl/N-ethyl adjacent to an activating group) is 2. The second-order valence-corrected chi connectivity index (χ2v) is 20.6. The van der Waals surface area contributed by atoms with Crippen molar-refractivity contribution in [3.05, 3.63) is 76.7 Å². The van der Waals surface area contributed by atoms with Gasteiger partial charge >= 0.3 is 0 Å². The van der Waals surface area contributed by atoms with Gasteiger partial charge in [-0.05, 0) is 49.6 Å². The van der Waals surface area contributed by atoms with E-state index in [2.05, 4.69) is 36.6 Å². The minimum absolute atomic E-state index is 0.0625. The van der Waals surface area contributed by atoms with Crippen LogP contribution in [0.25, 0.3) is 0 Å². The quantitative estimate of drug-likeness (QED) is 0.0632. The number of hydrogen-bond acceptors (Lipinski definition) is 17. The summed E-state index contributed by atoms with van der Waals surface area (Å²) < 4.78 is 34.7. The molecule has 21 heteroatoms. The molecule has 1 aliphatic heterocycles. The van der Waals surface area contributed by atoms with Crippen molar-refractivity contribution in [3.8, 4) is 17.6 Å². The summed E-state index contributed by atoms with van der Waals surface area (Å²) in [5.41, 5.74) is 1.74. The first-order valence-electron chi connectivity index (χ1n) is 25.7. The summed E-state index contributed by atoms with van der Waals surface area (Å²) in [6.45, 7) is 14.2. The van der Waals surface area contributed by atoms with Crippen LogP contribution < -0.4 is 39.7 Å². The molecular weight excluding hydrogens is 982 g/mol. The van der Waals surface area contributed by atoms with Gasteiger partial charge in [0.2, 0.25) is 17.8 Å². The molecule has 0 radical (unpaired) electrons. The average molecular weight is 1050 g/mol. The number of methoxy groups -OCH3 is 1. The normalized spacial score (nSPS) is 18.7. The van der Waals surface area contributed by atoms with Gasteiger partial charge in [-0.1, -0.05) is 59.1 Å². The lowest BCUT2D eigenvalue weighted by Gasteiger charge is -2.63. The van der Waals surface area contributed by atoms with Crippen molar-refractivity contribution in [2.75, 3.05) is 114 Å². The van der Waals surface area contributed by atoms with Gasteiger partial charge in [0.05, 0.1) is 88.0 Å².